The van der Waals surface area contributed by atoms with Crippen LogP contribution in [0.25, 0.3) is 0 Å². The number of aryl methyl sites for hydroxylation is 2. The summed E-state index contributed by atoms with van der Waals surface area (Å²) in [6, 6.07) is 0.106. The Labute approximate surface area is 144 Å². The van der Waals surface area contributed by atoms with Crippen LogP contribution in [0.3, 0.4) is 0 Å². The fourth-order valence-electron chi connectivity index (χ4n) is 3.50. The number of fused-ring (bicyclic) bond motifs is 1. The molecule has 0 bridgehead atoms. The van der Waals surface area contributed by atoms with Gasteiger partial charge in [0.1, 0.15) is 17.2 Å². The number of hydrogen-bond donors (Lipinski definition) is 1. The third-order valence-electron chi connectivity index (χ3n) is 4.48. The summed E-state index contributed by atoms with van der Waals surface area (Å²) in [5.41, 5.74) is 2.06. The molecule has 0 saturated carbocycles. The van der Waals surface area contributed by atoms with Gasteiger partial charge in [0.05, 0.1) is 6.04 Å². The summed E-state index contributed by atoms with van der Waals surface area (Å²) in [4.78, 5) is 23.6. The van der Waals surface area contributed by atoms with Crippen molar-refractivity contribution in [3.63, 3.8) is 0 Å². The first kappa shape index (κ1) is 17.0. The molecular weight excluding hydrogens is 304 g/mol. The Balaban J connectivity index is 1.68. The molecule has 1 aliphatic carbocycles. The third kappa shape index (κ3) is 3.97. The molecule has 6 nitrogen and oxygen atoms in total. The number of amides is 1. The molecule has 0 aromatic carbocycles. The van der Waals surface area contributed by atoms with E-state index in [0.717, 1.165) is 44.0 Å². The van der Waals surface area contributed by atoms with Gasteiger partial charge in [0.25, 0.3) is 0 Å². The van der Waals surface area contributed by atoms with Gasteiger partial charge in [0.2, 0.25) is 0 Å². The highest BCUT2D eigenvalue weighted by Crippen LogP contribution is 2.30. The Kier molecular flexibility index (Phi) is 4.65. The van der Waals surface area contributed by atoms with Crippen molar-refractivity contribution in [2.24, 2.45) is 0 Å². The van der Waals surface area contributed by atoms with Crippen LogP contribution in [-0.2, 0) is 17.6 Å². The summed E-state index contributed by atoms with van der Waals surface area (Å²) in [5.74, 6) is 1.92. The number of anilines is 1. The molecule has 24 heavy (non-hydrogen) atoms. The van der Waals surface area contributed by atoms with Gasteiger partial charge < -0.3 is 15.0 Å². The summed E-state index contributed by atoms with van der Waals surface area (Å²) in [5, 5.41) is 2.98. The Hall–Kier alpha value is -1.85. The van der Waals surface area contributed by atoms with E-state index in [2.05, 4.69) is 15.2 Å². The first-order chi connectivity index (χ1) is 11.3. The number of ether oxygens (including phenoxy) is 1. The van der Waals surface area contributed by atoms with Crippen LogP contribution in [0.1, 0.15) is 57.1 Å². The lowest BCUT2D eigenvalue weighted by molar-refractivity contribution is 0.0509. The number of carbonyl (C=O) groups is 1. The fourth-order valence-corrected chi connectivity index (χ4v) is 3.50. The quantitative estimate of drug-likeness (QED) is 0.902. The van der Waals surface area contributed by atoms with E-state index in [1.807, 2.05) is 27.7 Å². The lowest BCUT2D eigenvalue weighted by atomic mass is 9.96. The van der Waals surface area contributed by atoms with Crippen LogP contribution in [-0.4, -0.2) is 40.8 Å². The van der Waals surface area contributed by atoms with E-state index < -0.39 is 5.60 Å². The van der Waals surface area contributed by atoms with E-state index in [1.54, 1.807) is 0 Å². The largest absolute Gasteiger partial charge is 0.444 e. The maximum Gasteiger partial charge on any atom is 0.407 e. The van der Waals surface area contributed by atoms with Gasteiger partial charge in [-0.3, -0.25) is 0 Å². The van der Waals surface area contributed by atoms with Gasteiger partial charge in [0, 0.05) is 24.3 Å². The van der Waals surface area contributed by atoms with Crippen molar-refractivity contribution in [2.75, 3.05) is 18.0 Å². The number of hydrogen-bond acceptors (Lipinski definition) is 5. The standard InChI is InChI=1S/C18H28N4O2/c1-12-19-15-8-6-5-7-14(15)16(20-12)22-10-9-13(11-22)21-17(23)24-18(2,3)4/h13H,5-11H2,1-4H3,(H,21,23)/t13-/m1/s1. The molecule has 1 saturated heterocycles. The van der Waals surface area contributed by atoms with Crippen molar-refractivity contribution in [1.82, 2.24) is 15.3 Å². The zero-order valence-electron chi connectivity index (χ0n) is 15.2. The molecule has 1 aromatic heterocycles. The van der Waals surface area contributed by atoms with Gasteiger partial charge in [-0.25, -0.2) is 14.8 Å². The average molecular weight is 332 g/mol. The predicted molar refractivity (Wildman–Crippen MR) is 93.4 cm³/mol. The van der Waals surface area contributed by atoms with E-state index in [-0.39, 0.29) is 12.1 Å². The summed E-state index contributed by atoms with van der Waals surface area (Å²) in [7, 11) is 0. The SMILES string of the molecule is Cc1nc2c(c(N3CC[C@@H](NC(=O)OC(C)(C)C)C3)n1)CCCC2. The normalized spacial score (nSPS) is 20.7. The van der Waals surface area contributed by atoms with Crippen molar-refractivity contribution < 1.29 is 9.53 Å². The Bertz CT molecular complexity index is 624. The number of rotatable bonds is 2. The van der Waals surface area contributed by atoms with Gasteiger partial charge in [-0.15, -0.1) is 0 Å². The van der Waals surface area contributed by atoms with E-state index in [9.17, 15) is 4.79 Å². The summed E-state index contributed by atoms with van der Waals surface area (Å²) in [6.07, 6.45) is 5.11. The zero-order chi connectivity index (χ0) is 17.3. The predicted octanol–water partition coefficient (Wildman–Crippen LogP) is 2.77. The highest BCUT2D eigenvalue weighted by molar-refractivity contribution is 5.68. The minimum Gasteiger partial charge on any atom is -0.444 e. The van der Waals surface area contributed by atoms with Crippen LogP contribution in [0.2, 0.25) is 0 Å². The van der Waals surface area contributed by atoms with Gasteiger partial charge in [-0.05, 0) is 59.8 Å². The van der Waals surface area contributed by atoms with E-state index >= 15 is 0 Å². The van der Waals surface area contributed by atoms with E-state index in [4.69, 9.17) is 9.72 Å². The monoisotopic (exact) mass is 332 g/mol. The topological polar surface area (TPSA) is 67.4 Å². The van der Waals surface area contributed by atoms with Crippen molar-refractivity contribution in [3.8, 4) is 0 Å². The Morgan fingerprint density at radius 1 is 1.25 bits per heavy atom. The molecule has 1 fully saturated rings. The van der Waals surface area contributed by atoms with Crippen LogP contribution in [0.15, 0.2) is 0 Å². The number of carbonyl (C=O) groups excluding carboxylic acids is 1. The average Bonchev–Trinajstić information content (AvgIpc) is 2.92. The van der Waals surface area contributed by atoms with E-state index in [0.29, 0.717) is 0 Å². The second-order valence-electron chi connectivity index (χ2n) is 7.80. The molecule has 2 heterocycles. The fraction of sp³-hybridized carbons (Fsp3) is 0.722. The molecule has 2 aliphatic rings. The minimum absolute atomic E-state index is 0.106. The highest BCUT2D eigenvalue weighted by atomic mass is 16.6. The number of alkyl carbamates (subject to hydrolysis) is 1. The maximum absolute atomic E-state index is 12.0. The lowest BCUT2D eigenvalue weighted by Crippen LogP contribution is -2.40. The number of nitrogens with zero attached hydrogens (tertiary/aromatic N) is 3. The lowest BCUT2D eigenvalue weighted by Gasteiger charge is -2.25. The van der Waals surface area contributed by atoms with Crippen molar-refractivity contribution in [2.45, 2.75) is 71.4 Å². The van der Waals surface area contributed by atoms with Gasteiger partial charge in [-0.1, -0.05) is 0 Å². The Morgan fingerprint density at radius 2 is 2.00 bits per heavy atom. The first-order valence-corrected chi connectivity index (χ1v) is 8.93. The highest BCUT2D eigenvalue weighted by Gasteiger charge is 2.29. The Morgan fingerprint density at radius 3 is 2.75 bits per heavy atom. The van der Waals surface area contributed by atoms with Gasteiger partial charge in [0.15, 0.2) is 0 Å². The zero-order valence-corrected chi connectivity index (χ0v) is 15.2. The molecular formula is C18H28N4O2. The van der Waals surface area contributed by atoms with Crippen LogP contribution < -0.4 is 10.2 Å². The van der Waals surface area contributed by atoms with Gasteiger partial charge >= 0.3 is 6.09 Å². The van der Waals surface area contributed by atoms with Crippen LogP contribution >= 0.6 is 0 Å². The molecule has 1 aromatic rings. The van der Waals surface area contributed by atoms with Crippen molar-refractivity contribution in [3.05, 3.63) is 17.1 Å². The second-order valence-corrected chi connectivity index (χ2v) is 7.80. The first-order valence-electron chi connectivity index (χ1n) is 8.93. The summed E-state index contributed by atoms with van der Waals surface area (Å²) < 4.78 is 5.36. The van der Waals surface area contributed by atoms with Gasteiger partial charge in [-0.2, -0.15) is 0 Å². The third-order valence-corrected chi connectivity index (χ3v) is 4.48. The number of aromatic nitrogens is 2. The second kappa shape index (κ2) is 6.57. The molecule has 1 atom stereocenters. The minimum atomic E-state index is -0.467. The molecule has 1 amide bonds. The molecule has 6 heteroatoms. The van der Waals surface area contributed by atoms with Crippen molar-refractivity contribution >= 4 is 11.9 Å². The van der Waals surface area contributed by atoms with Crippen molar-refractivity contribution in [1.29, 1.82) is 0 Å². The molecule has 3 rings (SSSR count). The smallest absolute Gasteiger partial charge is 0.407 e. The molecule has 0 unspecified atom stereocenters. The summed E-state index contributed by atoms with van der Waals surface area (Å²) >= 11 is 0. The molecule has 0 spiro atoms. The number of nitrogens with one attached hydrogen (secondary N) is 1. The maximum atomic E-state index is 12.0. The van der Waals surface area contributed by atoms with Crippen LogP contribution in [0.4, 0.5) is 10.6 Å². The molecule has 1 aliphatic heterocycles. The summed E-state index contributed by atoms with van der Waals surface area (Å²) in [6.45, 7) is 9.28. The van der Waals surface area contributed by atoms with Crippen LogP contribution in [0, 0.1) is 6.92 Å². The van der Waals surface area contributed by atoms with E-state index in [1.165, 1.54) is 24.1 Å². The molecule has 1 N–H and O–H groups in total. The molecule has 0 radical (unpaired) electrons. The molecule has 132 valence electrons. The van der Waals surface area contributed by atoms with Crippen LogP contribution in [0.5, 0.6) is 0 Å².